The van der Waals surface area contributed by atoms with Crippen molar-refractivity contribution in [3.63, 3.8) is 0 Å². The van der Waals surface area contributed by atoms with Crippen molar-refractivity contribution in [3.8, 4) is 0 Å². The molecule has 156 valence electrons. The first-order valence-electron chi connectivity index (χ1n) is 10.4. The van der Waals surface area contributed by atoms with Gasteiger partial charge in [-0.15, -0.1) is 0 Å². The normalized spacial score (nSPS) is 22.5. The molecule has 7 nitrogen and oxygen atoms in total. The van der Waals surface area contributed by atoms with Crippen LogP contribution in [0.1, 0.15) is 60.3 Å². The maximum absolute atomic E-state index is 14.2. The molecule has 1 aliphatic heterocycles. The molecule has 0 bridgehead atoms. The van der Waals surface area contributed by atoms with Gasteiger partial charge in [0.1, 0.15) is 6.17 Å². The molecule has 2 amide bonds. The Morgan fingerprint density at radius 2 is 2.07 bits per heavy atom. The van der Waals surface area contributed by atoms with Crippen LogP contribution in [-0.4, -0.2) is 52.2 Å². The Kier molecular flexibility index (Phi) is 5.52. The van der Waals surface area contributed by atoms with Gasteiger partial charge in [0.2, 0.25) is 5.91 Å². The van der Waals surface area contributed by atoms with Crippen LogP contribution < -0.4 is 5.32 Å². The Balaban J connectivity index is 1.48. The van der Waals surface area contributed by atoms with E-state index in [4.69, 9.17) is 4.52 Å². The van der Waals surface area contributed by atoms with Gasteiger partial charge >= 0.3 is 0 Å². The molecule has 0 radical (unpaired) electrons. The summed E-state index contributed by atoms with van der Waals surface area (Å²) < 4.78 is 19.4. The largest absolute Gasteiger partial charge is 0.354 e. The van der Waals surface area contributed by atoms with Crippen LogP contribution in [0.15, 0.2) is 10.6 Å². The van der Waals surface area contributed by atoms with Crippen molar-refractivity contribution in [3.05, 3.63) is 23.0 Å². The molecule has 2 aliphatic rings. The average molecular weight is 402 g/mol. The van der Waals surface area contributed by atoms with E-state index in [9.17, 15) is 14.0 Å². The number of carbonyl (C=O) groups is 2. The van der Waals surface area contributed by atoms with Crippen LogP contribution in [0.4, 0.5) is 4.39 Å². The minimum absolute atomic E-state index is 0.0105. The molecule has 1 saturated carbocycles. The number of fused-ring (bicyclic) bond motifs is 1. The van der Waals surface area contributed by atoms with Crippen LogP contribution in [-0.2, 0) is 4.79 Å². The van der Waals surface area contributed by atoms with Crippen LogP contribution in [0, 0.1) is 19.8 Å². The predicted molar refractivity (Wildman–Crippen MR) is 105 cm³/mol. The number of halogens is 1. The van der Waals surface area contributed by atoms with E-state index in [-0.39, 0.29) is 37.4 Å². The second-order valence-corrected chi connectivity index (χ2v) is 8.36. The number of carbonyl (C=O) groups excluding carboxylic acids is 2. The lowest BCUT2D eigenvalue weighted by molar-refractivity contribution is -0.122. The number of rotatable bonds is 5. The first-order valence-corrected chi connectivity index (χ1v) is 10.4. The number of likely N-dealkylation sites (tertiary alicyclic amines) is 1. The molecule has 1 N–H and O–H groups in total. The topological polar surface area (TPSA) is 88.3 Å². The zero-order valence-electron chi connectivity index (χ0n) is 16.9. The monoisotopic (exact) mass is 402 g/mol. The van der Waals surface area contributed by atoms with Crippen molar-refractivity contribution in [1.82, 2.24) is 20.4 Å². The van der Waals surface area contributed by atoms with E-state index in [0.29, 0.717) is 40.4 Å². The lowest BCUT2D eigenvalue weighted by Crippen LogP contribution is -2.43. The number of hydrogen-bond donors (Lipinski definition) is 1. The number of amides is 2. The standard InChI is InChI=1S/C21H27FN4O3/c1-12-7-17(19-13(2)25-29-20(19)24-12)21(28)26-11-15(22)9-16(26)10-23-18(27)8-14-5-3-4-6-14/h7,14-16H,3-6,8-11H2,1-2H3,(H,23,27). The number of aromatic nitrogens is 2. The van der Waals surface area contributed by atoms with E-state index >= 15 is 0 Å². The fourth-order valence-electron chi connectivity index (χ4n) is 4.62. The first kappa shape index (κ1) is 19.8. The number of pyridine rings is 1. The molecule has 2 aromatic rings. The van der Waals surface area contributed by atoms with Gasteiger partial charge in [-0.2, -0.15) is 0 Å². The third-order valence-electron chi connectivity index (χ3n) is 6.08. The van der Waals surface area contributed by atoms with Gasteiger partial charge in [-0.3, -0.25) is 9.59 Å². The summed E-state index contributed by atoms with van der Waals surface area (Å²) in [5, 5.41) is 7.39. The maximum atomic E-state index is 14.2. The Morgan fingerprint density at radius 1 is 1.31 bits per heavy atom. The third kappa shape index (κ3) is 4.11. The Bertz CT molecular complexity index is 922. The van der Waals surface area contributed by atoms with Crippen molar-refractivity contribution in [2.45, 2.75) is 64.6 Å². The molecule has 2 unspecified atom stereocenters. The van der Waals surface area contributed by atoms with Gasteiger partial charge in [0.15, 0.2) is 0 Å². The minimum Gasteiger partial charge on any atom is -0.354 e. The molecule has 2 fully saturated rings. The molecular formula is C21H27FN4O3. The number of nitrogens with one attached hydrogen (secondary N) is 1. The zero-order valence-corrected chi connectivity index (χ0v) is 16.9. The van der Waals surface area contributed by atoms with E-state index in [2.05, 4.69) is 15.5 Å². The van der Waals surface area contributed by atoms with E-state index in [1.54, 1.807) is 19.9 Å². The van der Waals surface area contributed by atoms with Gasteiger partial charge in [0, 0.05) is 25.1 Å². The maximum Gasteiger partial charge on any atom is 0.258 e. The number of alkyl halides is 1. The van der Waals surface area contributed by atoms with Crippen molar-refractivity contribution in [2.24, 2.45) is 5.92 Å². The molecule has 1 saturated heterocycles. The SMILES string of the molecule is Cc1cc(C(=O)N2CC(F)CC2CNC(=O)CC2CCCC2)c2c(C)noc2n1. The summed E-state index contributed by atoms with van der Waals surface area (Å²) in [6.45, 7) is 3.82. The summed E-state index contributed by atoms with van der Waals surface area (Å²) in [5.41, 5.74) is 1.94. The third-order valence-corrected chi connectivity index (χ3v) is 6.08. The summed E-state index contributed by atoms with van der Waals surface area (Å²) in [6, 6.07) is 1.32. The van der Waals surface area contributed by atoms with Gasteiger partial charge in [-0.05, 0) is 38.7 Å². The summed E-state index contributed by atoms with van der Waals surface area (Å²) >= 11 is 0. The highest BCUT2D eigenvalue weighted by Crippen LogP contribution is 2.29. The van der Waals surface area contributed by atoms with Gasteiger partial charge in [0.25, 0.3) is 11.6 Å². The molecule has 29 heavy (non-hydrogen) atoms. The molecular weight excluding hydrogens is 375 g/mol. The molecule has 3 heterocycles. The van der Waals surface area contributed by atoms with Crippen LogP contribution >= 0.6 is 0 Å². The number of aryl methyl sites for hydroxylation is 2. The number of nitrogens with zero attached hydrogens (tertiary/aromatic N) is 3. The number of hydrogen-bond acceptors (Lipinski definition) is 5. The molecule has 8 heteroatoms. The lowest BCUT2D eigenvalue weighted by Gasteiger charge is -2.25. The Morgan fingerprint density at radius 3 is 2.83 bits per heavy atom. The average Bonchev–Trinajstić information content (AvgIpc) is 3.40. The fourth-order valence-corrected chi connectivity index (χ4v) is 4.62. The summed E-state index contributed by atoms with van der Waals surface area (Å²) in [5.74, 6) is 0.167. The summed E-state index contributed by atoms with van der Waals surface area (Å²) in [7, 11) is 0. The molecule has 2 aromatic heterocycles. The Labute approximate surface area is 169 Å². The van der Waals surface area contributed by atoms with Crippen LogP contribution in [0.2, 0.25) is 0 Å². The van der Waals surface area contributed by atoms with Crippen LogP contribution in [0.5, 0.6) is 0 Å². The lowest BCUT2D eigenvalue weighted by atomic mass is 10.0. The van der Waals surface area contributed by atoms with Crippen molar-refractivity contribution in [1.29, 1.82) is 0 Å². The second-order valence-electron chi connectivity index (χ2n) is 8.36. The van der Waals surface area contributed by atoms with Gasteiger partial charge < -0.3 is 14.7 Å². The zero-order chi connectivity index (χ0) is 20.5. The highest BCUT2D eigenvalue weighted by Gasteiger charge is 2.37. The fraction of sp³-hybridized carbons (Fsp3) is 0.619. The van der Waals surface area contributed by atoms with E-state index in [1.807, 2.05) is 0 Å². The molecule has 4 rings (SSSR count). The van der Waals surface area contributed by atoms with Crippen LogP contribution in [0.25, 0.3) is 11.1 Å². The highest BCUT2D eigenvalue weighted by atomic mass is 19.1. The van der Waals surface area contributed by atoms with E-state index < -0.39 is 6.17 Å². The smallest absolute Gasteiger partial charge is 0.258 e. The first-order chi connectivity index (χ1) is 13.9. The van der Waals surface area contributed by atoms with Crippen LogP contribution in [0.3, 0.4) is 0 Å². The molecule has 1 aliphatic carbocycles. The van der Waals surface area contributed by atoms with Crippen molar-refractivity contribution < 1.29 is 18.5 Å². The second kappa shape index (κ2) is 8.08. The molecule has 2 atom stereocenters. The van der Waals surface area contributed by atoms with Gasteiger partial charge in [-0.1, -0.05) is 18.0 Å². The van der Waals surface area contributed by atoms with E-state index in [1.165, 1.54) is 17.7 Å². The summed E-state index contributed by atoms with van der Waals surface area (Å²) in [4.78, 5) is 31.4. The Hall–Kier alpha value is -2.51. The van der Waals surface area contributed by atoms with Gasteiger partial charge in [-0.25, -0.2) is 9.37 Å². The predicted octanol–water partition coefficient (Wildman–Crippen LogP) is 3.09. The molecule has 0 spiro atoms. The van der Waals surface area contributed by atoms with E-state index in [0.717, 1.165) is 12.8 Å². The highest BCUT2D eigenvalue weighted by molar-refractivity contribution is 6.06. The van der Waals surface area contributed by atoms with Gasteiger partial charge in [0.05, 0.1) is 29.2 Å². The van der Waals surface area contributed by atoms with Crippen molar-refractivity contribution >= 4 is 22.9 Å². The molecule has 0 aromatic carbocycles. The summed E-state index contributed by atoms with van der Waals surface area (Å²) in [6.07, 6.45) is 4.23. The van der Waals surface area contributed by atoms with Crippen molar-refractivity contribution in [2.75, 3.05) is 13.1 Å². The quantitative estimate of drug-likeness (QED) is 0.830. The minimum atomic E-state index is -1.10.